The van der Waals surface area contributed by atoms with Crippen LogP contribution in [0.5, 0.6) is 11.5 Å². The third kappa shape index (κ3) is 3.46. The number of hydrogen-bond acceptors (Lipinski definition) is 4. The monoisotopic (exact) mass is 224 g/mol. The van der Waals surface area contributed by atoms with Crippen LogP contribution in [0, 0.1) is 0 Å². The zero-order valence-electron chi connectivity index (χ0n) is 9.27. The average Bonchev–Trinajstić information content (AvgIpc) is 2.27. The average molecular weight is 224 g/mol. The van der Waals surface area contributed by atoms with Crippen LogP contribution in [0.3, 0.4) is 0 Å². The van der Waals surface area contributed by atoms with Crippen molar-refractivity contribution in [3.63, 3.8) is 0 Å². The van der Waals surface area contributed by atoms with E-state index in [0.29, 0.717) is 6.61 Å². The number of aromatic hydroxyl groups is 2. The molecule has 88 valence electrons. The third-order valence-electron chi connectivity index (χ3n) is 2.18. The lowest BCUT2D eigenvalue weighted by Gasteiger charge is -2.06. The molecule has 0 saturated carbocycles. The highest BCUT2D eigenvalue weighted by Gasteiger charge is 2.12. The molecule has 0 saturated heterocycles. The first kappa shape index (κ1) is 12.4. The molecular formula is C12H16O4. The number of hydrogen-bond donors (Lipinski definition) is 2. The number of unbranched alkanes of at least 4 members (excludes halogenated alkanes) is 2. The Morgan fingerprint density at radius 3 is 2.75 bits per heavy atom. The van der Waals surface area contributed by atoms with Gasteiger partial charge in [0, 0.05) is 0 Å². The summed E-state index contributed by atoms with van der Waals surface area (Å²) in [7, 11) is 0. The van der Waals surface area contributed by atoms with Gasteiger partial charge < -0.3 is 14.9 Å². The van der Waals surface area contributed by atoms with Crippen LogP contribution in [0.15, 0.2) is 18.2 Å². The third-order valence-corrected chi connectivity index (χ3v) is 2.18. The second kappa shape index (κ2) is 6.00. The maximum atomic E-state index is 11.5. The molecule has 0 amide bonds. The van der Waals surface area contributed by atoms with E-state index in [0.717, 1.165) is 19.3 Å². The van der Waals surface area contributed by atoms with Gasteiger partial charge in [0.15, 0.2) is 0 Å². The Labute approximate surface area is 94.5 Å². The van der Waals surface area contributed by atoms with E-state index in [-0.39, 0.29) is 17.1 Å². The number of rotatable bonds is 5. The van der Waals surface area contributed by atoms with E-state index in [9.17, 15) is 15.0 Å². The van der Waals surface area contributed by atoms with Gasteiger partial charge in [0.2, 0.25) is 0 Å². The van der Waals surface area contributed by atoms with Crippen LogP contribution in [0.2, 0.25) is 0 Å². The van der Waals surface area contributed by atoms with Crippen LogP contribution >= 0.6 is 0 Å². The number of carbonyl (C=O) groups excluding carboxylic acids is 1. The number of phenolic OH excluding ortho intramolecular Hbond substituents is 2. The highest BCUT2D eigenvalue weighted by atomic mass is 16.5. The summed E-state index contributed by atoms with van der Waals surface area (Å²) in [5.74, 6) is -0.860. The summed E-state index contributed by atoms with van der Waals surface area (Å²) in [5, 5.41) is 18.6. The Balaban J connectivity index is 2.55. The maximum absolute atomic E-state index is 11.5. The lowest BCUT2D eigenvalue weighted by Crippen LogP contribution is -2.06. The van der Waals surface area contributed by atoms with Crippen LogP contribution in [0.4, 0.5) is 0 Å². The van der Waals surface area contributed by atoms with E-state index in [1.165, 1.54) is 18.2 Å². The maximum Gasteiger partial charge on any atom is 0.342 e. The van der Waals surface area contributed by atoms with E-state index in [1.54, 1.807) is 0 Å². The van der Waals surface area contributed by atoms with Gasteiger partial charge in [-0.3, -0.25) is 0 Å². The zero-order valence-corrected chi connectivity index (χ0v) is 9.27. The molecule has 0 radical (unpaired) electrons. The van der Waals surface area contributed by atoms with Gasteiger partial charge in [0.1, 0.15) is 17.1 Å². The van der Waals surface area contributed by atoms with Gasteiger partial charge in [0.05, 0.1) is 6.61 Å². The number of carbonyl (C=O) groups is 1. The molecule has 0 aliphatic carbocycles. The molecule has 16 heavy (non-hydrogen) atoms. The molecule has 4 nitrogen and oxygen atoms in total. The number of benzene rings is 1. The number of ether oxygens (including phenoxy) is 1. The van der Waals surface area contributed by atoms with Gasteiger partial charge in [-0.1, -0.05) is 19.8 Å². The Kier molecular flexibility index (Phi) is 4.64. The fraction of sp³-hybridized carbons (Fsp3) is 0.417. The van der Waals surface area contributed by atoms with Crippen molar-refractivity contribution < 1.29 is 19.7 Å². The predicted molar refractivity (Wildman–Crippen MR) is 59.6 cm³/mol. The molecule has 1 rings (SSSR count). The summed E-state index contributed by atoms with van der Waals surface area (Å²) in [5.41, 5.74) is -0.00324. The van der Waals surface area contributed by atoms with Gasteiger partial charge in [-0.25, -0.2) is 4.79 Å². The molecule has 0 spiro atoms. The van der Waals surface area contributed by atoms with Gasteiger partial charge in [-0.15, -0.1) is 0 Å². The molecular weight excluding hydrogens is 208 g/mol. The van der Waals surface area contributed by atoms with Gasteiger partial charge >= 0.3 is 5.97 Å². The number of phenols is 2. The lowest BCUT2D eigenvalue weighted by atomic mass is 10.2. The van der Waals surface area contributed by atoms with Crippen molar-refractivity contribution in [1.82, 2.24) is 0 Å². The fourth-order valence-electron chi connectivity index (χ4n) is 1.28. The zero-order chi connectivity index (χ0) is 12.0. The van der Waals surface area contributed by atoms with E-state index in [4.69, 9.17) is 4.74 Å². The van der Waals surface area contributed by atoms with Gasteiger partial charge in [-0.2, -0.15) is 0 Å². The SMILES string of the molecule is CCCCCOC(=O)c1cc(O)ccc1O. The van der Waals surface area contributed by atoms with Gasteiger partial charge in [0.25, 0.3) is 0 Å². The van der Waals surface area contributed by atoms with Crippen molar-refractivity contribution in [1.29, 1.82) is 0 Å². The standard InChI is InChI=1S/C12H16O4/c1-2-3-4-7-16-12(15)10-8-9(13)5-6-11(10)14/h5-6,8,13-14H,2-4,7H2,1H3. The van der Waals surface area contributed by atoms with Crippen molar-refractivity contribution in [2.24, 2.45) is 0 Å². The minimum absolute atomic E-state index is 0.00324. The summed E-state index contributed by atoms with van der Waals surface area (Å²) < 4.78 is 4.96. The minimum atomic E-state index is -0.607. The largest absolute Gasteiger partial charge is 0.508 e. The Bertz CT molecular complexity index is 360. The first-order chi connectivity index (χ1) is 7.65. The van der Waals surface area contributed by atoms with Crippen LogP contribution in [-0.4, -0.2) is 22.8 Å². The van der Waals surface area contributed by atoms with E-state index in [2.05, 4.69) is 6.92 Å². The second-order valence-corrected chi connectivity index (χ2v) is 3.54. The summed E-state index contributed by atoms with van der Waals surface area (Å²) >= 11 is 0. The first-order valence-corrected chi connectivity index (χ1v) is 5.34. The topological polar surface area (TPSA) is 66.8 Å². The lowest BCUT2D eigenvalue weighted by molar-refractivity contribution is 0.0494. The van der Waals surface area contributed by atoms with Crippen molar-refractivity contribution in [3.05, 3.63) is 23.8 Å². The van der Waals surface area contributed by atoms with Crippen LogP contribution in [0.25, 0.3) is 0 Å². The van der Waals surface area contributed by atoms with Crippen LogP contribution in [0.1, 0.15) is 36.5 Å². The number of esters is 1. The molecule has 1 aromatic rings. The molecule has 0 aromatic heterocycles. The van der Waals surface area contributed by atoms with E-state index >= 15 is 0 Å². The second-order valence-electron chi connectivity index (χ2n) is 3.54. The molecule has 1 aromatic carbocycles. The highest BCUT2D eigenvalue weighted by Crippen LogP contribution is 2.22. The minimum Gasteiger partial charge on any atom is -0.508 e. The van der Waals surface area contributed by atoms with Crippen molar-refractivity contribution in [2.75, 3.05) is 6.61 Å². The Morgan fingerprint density at radius 1 is 1.31 bits per heavy atom. The highest BCUT2D eigenvalue weighted by molar-refractivity contribution is 5.92. The predicted octanol–water partition coefficient (Wildman–Crippen LogP) is 2.44. The van der Waals surface area contributed by atoms with E-state index in [1.807, 2.05) is 0 Å². The fourth-order valence-corrected chi connectivity index (χ4v) is 1.28. The molecule has 2 N–H and O–H groups in total. The molecule has 0 atom stereocenters. The Hall–Kier alpha value is -1.71. The van der Waals surface area contributed by atoms with Crippen LogP contribution in [-0.2, 0) is 4.74 Å². The summed E-state index contributed by atoms with van der Waals surface area (Å²) in [4.78, 5) is 11.5. The van der Waals surface area contributed by atoms with Crippen LogP contribution < -0.4 is 0 Å². The molecule has 0 aliphatic rings. The molecule has 0 unspecified atom stereocenters. The van der Waals surface area contributed by atoms with Gasteiger partial charge in [-0.05, 0) is 24.6 Å². The molecule has 0 aliphatic heterocycles. The normalized spacial score (nSPS) is 10.1. The first-order valence-electron chi connectivity index (χ1n) is 5.34. The summed E-state index contributed by atoms with van der Waals surface area (Å²) in [6.45, 7) is 2.39. The van der Waals surface area contributed by atoms with E-state index < -0.39 is 5.97 Å². The molecule has 0 heterocycles. The quantitative estimate of drug-likeness (QED) is 0.458. The summed E-state index contributed by atoms with van der Waals surface area (Å²) in [6.07, 6.45) is 2.86. The summed E-state index contributed by atoms with van der Waals surface area (Å²) in [6, 6.07) is 3.76. The van der Waals surface area contributed by atoms with Crippen molar-refractivity contribution in [2.45, 2.75) is 26.2 Å². The molecule has 4 heteroatoms. The van der Waals surface area contributed by atoms with Crippen molar-refractivity contribution >= 4 is 5.97 Å². The van der Waals surface area contributed by atoms with Crippen molar-refractivity contribution in [3.8, 4) is 11.5 Å². The molecule has 0 fully saturated rings. The molecule has 0 bridgehead atoms. The smallest absolute Gasteiger partial charge is 0.342 e. The Morgan fingerprint density at radius 2 is 2.06 bits per heavy atom.